The molecule has 0 bridgehead atoms. The molecular weight excluding hydrogens is 388 g/mol. The molecule has 2 aromatic rings. The Labute approximate surface area is 174 Å². The number of methoxy groups -OCH3 is 1. The largest absolute Gasteiger partial charge is 0.480 e. The fraction of sp³-hybridized carbons (Fsp3) is 0.318. The molecule has 2 aromatic carbocycles. The van der Waals surface area contributed by atoms with Crippen molar-refractivity contribution in [1.82, 2.24) is 10.2 Å². The minimum atomic E-state index is -1.15. The maximum absolute atomic E-state index is 12.4. The first-order chi connectivity index (χ1) is 14.4. The first kappa shape index (κ1) is 21.3. The zero-order valence-corrected chi connectivity index (χ0v) is 16.8. The highest BCUT2D eigenvalue weighted by atomic mass is 16.5. The van der Waals surface area contributed by atoms with Crippen LogP contribution in [-0.2, 0) is 19.1 Å². The topological polar surface area (TPSA) is 105 Å². The molecule has 1 aliphatic carbocycles. The van der Waals surface area contributed by atoms with E-state index in [-0.39, 0.29) is 19.1 Å². The predicted octanol–water partition coefficient (Wildman–Crippen LogP) is 2.08. The van der Waals surface area contributed by atoms with E-state index < -0.39 is 30.6 Å². The van der Waals surface area contributed by atoms with E-state index in [0.717, 1.165) is 27.2 Å². The van der Waals surface area contributed by atoms with Gasteiger partial charge in [-0.1, -0.05) is 48.5 Å². The van der Waals surface area contributed by atoms with Crippen LogP contribution in [0.4, 0.5) is 4.79 Å². The van der Waals surface area contributed by atoms with Gasteiger partial charge in [-0.3, -0.25) is 9.59 Å². The number of aliphatic carboxylic acids is 1. The van der Waals surface area contributed by atoms with Gasteiger partial charge in [0.2, 0.25) is 5.91 Å². The van der Waals surface area contributed by atoms with Crippen LogP contribution < -0.4 is 5.32 Å². The Morgan fingerprint density at radius 1 is 1.07 bits per heavy atom. The van der Waals surface area contributed by atoms with Gasteiger partial charge >= 0.3 is 12.1 Å². The van der Waals surface area contributed by atoms with Crippen molar-refractivity contribution in [1.29, 1.82) is 0 Å². The predicted molar refractivity (Wildman–Crippen MR) is 109 cm³/mol. The normalized spacial score (nSPS) is 13.1. The first-order valence-corrected chi connectivity index (χ1v) is 9.49. The quantitative estimate of drug-likeness (QED) is 0.688. The van der Waals surface area contributed by atoms with Crippen molar-refractivity contribution in [3.8, 4) is 11.1 Å². The third kappa shape index (κ3) is 4.60. The number of benzene rings is 2. The fourth-order valence-electron chi connectivity index (χ4n) is 3.67. The lowest BCUT2D eigenvalue weighted by Crippen LogP contribution is -2.51. The molecule has 0 fully saturated rings. The number of carbonyl (C=O) groups excluding carboxylic acids is 2. The smallest absolute Gasteiger partial charge is 0.407 e. The van der Waals surface area contributed by atoms with Crippen LogP contribution in [0.1, 0.15) is 17.0 Å². The van der Waals surface area contributed by atoms with Crippen LogP contribution in [0.2, 0.25) is 0 Å². The van der Waals surface area contributed by atoms with E-state index in [9.17, 15) is 14.4 Å². The second kappa shape index (κ2) is 9.41. The lowest BCUT2D eigenvalue weighted by molar-refractivity contribution is -0.144. The first-order valence-electron chi connectivity index (χ1n) is 9.49. The number of alkyl carbamates (subject to hydrolysis) is 1. The van der Waals surface area contributed by atoms with Gasteiger partial charge in [0.05, 0.1) is 6.61 Å². The summed E-state index contributed by atoms with van der Waals surface area (Å²) in [7, 11) is 2.73. The molecule has 0 heterocycles. The second-order valence-electron chi connectivity index (χ2n) is 7.07. The van der Waals surface area contributed by atoms with E-state index >= 15 is 0 Å². The molecule has 8 heteroatoms. The molecule has 158 valence electrons. The number of rotatable bonds is 8. The molecule has 1 unspecified atom stereocenters. The second-order valence-corrected chi connectivity index (χ2v) is 7.07. The van der Waals surface area contributed by atoms with Gasteiger partial charge < -0.3 is 24.8 Å². The SMILES string of the molecule is COCC(NC(=O)OCC1c2ccccc2-c2ccccc21)C(=O)N(C)CC(=O)O. The summed E-state index contributed by atoms with van der Waals surface area (Å²) in [5, 5.41) is 11.3. The number of hydrogen-bond acceptors (Lipinski definition) is 5. The van der Waals surface area contributed by atoms with Crippen molar-refractivity contribution in [2.24, 2.45) is 0 Å². The number of amides is 2. The van der Waals surface area contributed by atoms with E-state index in [1.165, 1.54) is 14.2 Å². The summed E-state index contributed by atoms with van der Waals surface area (Å²) in [6.07, 6.45) is -0.768. The van der Waals surface area contributed by atoms with Gasteiger partial charge in [0.25, 0.3) is 0 Å². The van der Waals surface area contributed by atoms with Crippen molar-refractivity contribution in [3.05, 3.63) is 59.7 Å². The minimum absolute atomic E-state index is 0.102. The molecule has 0 aromatic heterocycles. The van der Waals surface area contributed by atoms with Gasteiger partial charge in [-0.2, -0.15) is 0 Å². The minimum Gasteiger partial charge on any atom is -0.480 e. The molecule has 0 saturated heterocycles. The third-order valence-corrected chi connectivity index (χ3v) is 5.02. The Balaban J connectivity index is 1.66. The Bertz CT molecular complexity index is 899. The van der Waals surface area contributed by atoms with E-state index in [2.05, 4.69) is 5.32 Å². The number of nitrogens with zero attached hydrogens (tertiary/aromatic N) is 1. The Morgan fingerprint density at radius 2 is 1.63 bits per heavy atom. The highest BCUT2D eigenvalue weighted by Gasteiger charge is 2.30. The average molecular weight is 412 g/mol. The van der Waals surface area contributed by atoms with Gasteiger partial charge in [0.15, 0.2) is 0 Å². The molecule has 2 N–H and O–H groups in total. The fourth-order valence-corrected chi connectivity index (χ4v) is 3.67. The monoisotopic (exact) mass is 412 g/mol. The van der Waals surface area contributed by atoms with Crippen LogP contribution in [0.5, 0.6) is 0 Å². The summed E-state index contributed by atoms with van der Waals surface area (Å²) in [6, 6.07) is 14.9. The van der Waals surface area contributed by atoms with E-state index in [1.54, 1.807) is 0 Å². The van der Waals surface area contributed by atoms with Crippen LogP contribution in [0, 0.1) is 0 Å². The molecule has 3 rings (SSSR count). The van der Waals surface area contributed by atoms with Crippen molar-refractivity contribution in [2.75, 3.05) is 33.9 Å². The van der Waals surface area contributed by atoms with Crippen LogP contribution in [-0.4, -0.2) is 67.9 Å². The van der Waals surface area contributed by atoms with Crippen molar-refractivity contribution >= 4 is 18.0 Å². The van der Waals surface area contributed by atoms with Crippen LogP contribution >= 0.6 is 0 Å². The molecule has 0 spiro atoms. The molecule has 8 nitrogen and oxygen atoms in total. The number of carboxylic acid groups (broad SMARTS) is 1. The van der Waals surface area contributed by atoms with Crippen LogP contribution in [0.25, 0.3) is 11.1 Å². The molecular formula is C22H24N2O6. The number of hydrogen-bond donors (Lipinski definition) is 2. The Kier molecular flexibility index (Phi) is 6.68. The lowest BCUT2D eigenvalue weighted by Gasteiger charge is -2.23. The molecule has 30 heavy (non-hydrogen) atoms. The number of likely N-dealkylation sites (N-methyl/N-ethyl adjacent to an activating group) is 1. The Hall–Kier alpha value is -3.39. The van der Waals surface area contributed by atoms with E-state index in [4.69, 9.17) is 14.6 Å². The standard InChI is InChI=1S/C22H24N2O6/c1-24(11-20(25)26)21(27)19(13-29-2)23-22(28)30-12-18-16-9-5-3-7-14(16)15-8-4-6-10-17(15)18/h3-10,18-19H,11-13H2,1-2H3,(H,23,28)(H,25,26). The summed E-state index contributed by atoms with van der Waals surface area (Å²) < 4.78 is 10.4. The number of nitrogens with one attached hydrogen (secondary N) is 1. The van der Waals surface area contributed by atoms with Crippen LogP contribution in [0.3, 0.4) is 0 Å². The molecule has 0 aliphatic heterocycles. The molecule has 0 saturated carbocycles. The van der Waals surface area contributed by atoms with E-state index in [0.29, 0.717) is 0 Å². The lowest BCUT2D eigenvalue weighted by atomic mass is 9.98. The highest BCUT2D eigenvalue weighted by molar-refractivity contribution is 5.88. The van der Waals surface area contributed by atoms with Crippen molar-refractivity contribution in [2.45, 2.75) is 12.0 Å². The molecule has 2 amide bonds. The summed E-state index contributed by atoms with van der Waals surface area (Å²) in [5.74, 6) is -1.83. The zero-order chi connectivity index (χ0) is 21.7. The molecule has 1 aliphatic rings. The highest BCUT2D eigenvalue weighted by Crippen LogP contribution is 2.44. The number of carbonyl (C=O) groups is 3. The van der Waals surface area contributed by atoms with Gasteiger partial charge in [0.1, 0.15) is 19.2 Å². The van der Waals surface area contributed by atoms with Gasteiger partial charge in [-0.25, -0.2) is 4.79 Å². The maximum Gasteiger partial charge on any atom is 0.407 e. The summed E-state index contributed by atoms with van der Waals surface area (Å²) in [5.41, 5.74) is 4.39. The average Bonchev–Trinajstić information content (AvgIpc) is 3.05. The summed E-state index contributed by atoms with van der Waals surface area (Å²) >= 11 is 0. The Morgan fingerprint density at radius 3 is 2.17 bits per heavy atom. The maximum atomic E-state index is 12.4. The zero-order valence-electron chi connectivity index (χ0n) is 16.8. The molecule has 0 radical (unpaired) electrons. The van der Waals surface area contributed by atoms with Crippen molar-refractivity contribution < 1.29 is 29.0 Å². The van der Waals surface area contributed by atoms with Gasteiger partial charge in [-0.15, -0.1) is 0 Å². The van der Waals surface area contributed by atoms with Gasteiger partial charge in [0, 0.05) is 20.1 Å². The van der Waals surface area contributed by atoms with Crippen molar-refractivity contribution in [3.63, 3.8) is 0 Å². The summed E-state index contributed by atoms with van der Waals surface area (Å²) in [6.45, 7) is -0.475. The summed E-state index contributed by atoms with van der Waals surface area (Å²) in [4.78, 5) is 36.6. The third-order valence-electron chi connectivity index (χ3n) is 5.02. The van der Waals surface area contributed by atoms with E-state index in [1.807, 2.05) is 48.5 Å². The number of fused-ring (bicyclic) bond motifs is 3. The van der Waals surface area contributed by atoms with Crippen LogP contribution in [0.15, 0.2) is 48.5 Å². The molecule has 1 atom stereocenters. The number of ether oxygens (including phenoxy) is 2. The van der Waals surface area contributed by atoms with Gasteiger partial charge in [-0.05, 0) is 22.3 Å². The number of carboxylic acids is 1.